The van der Waals surface area contributed by atoms with Gasteiger partial charge in [0.15, 0.2) is 0 Å². The molecule has 0 aromatic heterocycles. The molecule has 2 aromatic carbocycles. The van der Waals surface area contributed by atoms with Crippen LogP contribution in [0.1, 0.15) is 5.56 Å². The van der Waals surface area contributed by atoms with Gasteiger partial charge in [0, 0.05) is 11.6 Å². The Labute approximate surface area is 108 Å². The average Bonchev–Trinajstić information content (AvgIpc) is 2.30. The number of halogens is 1. The minimum atomic E-state index is 0.776. The molecule has 0 amide bonds. The second-order valence-electron chi connectivity index (χ2n) is 4.44. The molecule has 0 aliphatic rings. The molecule has 0 heterocycles. The van der Waals surface area contributed by atoms with Crippen LogP contribution in [-0.4, -0.2) is 19.0 Å². The highest BCUT2D eigenvalue weighted by atomic mass is 35.5. The highest BCUT2D eigenvalue weighted by Crippen LogP contribution is 2.22. The molecule has 0 aliphatic carbocycles. The molecular weight excluding hydrogens is 230 g/mol. The summed E-state index contributed by atoms with van der Waals surface area (Å²) in [6.45, 7) is 0.973. The second-order valence-corrected chi connectivity index (χ2v) is 4.88. The highest BCUT2D eigenvalue weighted by Gasteiger charge is 1.99. The van der Waals surface area contributed by atoms with Crippen LogP contribution in [0.5, 0.6) is 0 Å². The van der Waals surface area contributed by atoms with Gasteiger partial charge in [0.05, 0.1) is 0 Å². The summed E-state index contributed by atoms with van der Waals surface area (Å²) in [7, 11) is 4.15. The van der Waals surface area contributed by atoms with Crippen LogP contribution in [-0.2, 0) is 6.54 Å². The normalized spacial score (nSPS) is 10.8. The van der Waals surface area contributed by atoms with Crippen LogP contribution < -0.4 is 0 Å². The van der Waals surface area contributed by atoms with Gasteiger partial charge in [0.25, 0.3) is 0 Å². The van der Waals surface area contributed by atoms with E-state index in [0.717, 1.165) is 11.6 Å². The second kappa shape index (κ2) is 5.35. The third-order valence-electron chi connectivity index (χ3n) is 2.63. The van der Waals surface area contributed by atoms with Gasteiger partial charge < -0.3 is 4.90 Å². The van der Waals surface area contributed by atoms with E-state index in [1.165, 1.54) is 16.7 Å². The Morgan fingerprint density at radius 1 is 0.824 bits per heavy atom. The van der Waals surface area contributed by atoms with Crippen molar-refractivity contribution in [3.05, 3.63) is 59.1 Å². The molecule has 2 aromatic rings. The molecule has 0 bridgehead atoms. The summed E-state index contributed by atoms with van der Waals surface area (Å²) in [5, 5.41) is 0.776. The molecule has 2 rings (SSSR count). The molecule has 0 saturated carbocycles. The van der Waals surface area contributed by atoms with Crippen LogP contribution in [0.3, 0.4) is 0 Å². The molecule has 0 aliphatic heterocycles. The Morgan fingerprint density at radius 2 is 1.29 bits per heavy atom. The zero-order valence-electron chi connectivity index (χ0n) is 10.2. The molecule has 0 fully saturated rings. The Morgan fingerprint density at radius 3 is 1.76 bits per heavy atom. The van der Waals surface area contributed by atoms with Crippen molar-refractivity contribution >= 4 is 11.6 Å². The van der Waals surface area contributed by atoms with Gasteiger partial charge in [-0.1, -0.05) is 48.0 Å². The first kappa shape index (κ1) is 12.2. The summed E-state index contributed by atoms with van der Waals surface area (Å²) in [5.41, 5.74) is 3.75. The smallest absolute Gasteiger partial charge is 0.0406 e. The van der Waals surface area contributed by atoms with Crippen molar-refractivity contribution in [3.63, 3.8) is 0 Å². The van der Waals surface area contributed by atoms with E-state index in [1.54, 1.807) is 0 Å². The molecule has 0 unspecified atom stereocenters. The van der Waals surface area contributed by atoms with E-state index in [9.17, 15) is 0 Å². The van der Waals surface area contributed by atoms with Crippen LogP contribution in [0.15, 0.2) is 48.5 Å². The SMILES string of the molecule is CN(C)Cc1ccc(-c2ccc(Cl)cc2)cc1. The lowest BCUT2D eigenvalue weighted by Gasteiger charge is -2.10. The maximum Gasteiger partial charge on any atom is 0.0406 e. The van der Waals surface area contributed by atoms with E-state index in [1.807, 2.05) is 24.3 Å². The number of nitrogens with zero attached hydrogens (tertiary/aromatic N) is 1. The van der Waals surface area contributed by atoms with Gasteiger partial charge in [-0.15, -0.1) is 0 Å². The largest absolute Gasteiger partial charge is 0.305 e. The number of benzene rings is 2. The predicted molar refractivity (Wildman–Crippen MR) is 74.3 cm³/mol. The van der Waals surface area contributed by atoms with Crippen molar-refractivity contribution in [2.24, 2.45) is 0 Å². The maximum absolute atomic E-state index is 5.88. The molecule has 0 atom stereocenters. The molecule has 0 radical (unpaired) electrons. The third kappa shape index (κ3) is 3.32. The Kier molecular flexibility index (Phi) is 3.82. The van der Waals surface area contributed by atoms with E-state index in [0.29, 0.717) is 0 Å². The van der Waals surface area contributed by atoms with Crippen LogP contribution in [0.4, 0.5) is 0 Å². The molecule has 88 valence electrons. The van der Waals surface area contributed by atoms with E-state index >= 15 is 0 Å². The minimum absolute atomic E-state index is 0.776. The van der Waals surface area contributed by atoms with E-state index in [2.05, 4.69) is 43.3 Å². The van der Waals surface area contributed by atoms with Crippen molar-refractivity contribution in [2.45, 2.75) is 6.54 Å². The molecule has 0 N–H and O–H groups in total. The lowest BCUT2D eigenvalue weighted by Crippen LogP contribution is -2.10. The van der Waals surface area contributed by atoms with Gasteiger partial charge in [-0.25, -0.2) is 0 Å². The standard InChI is InChI=1S/C15H16ClN/c1-17(2)11-12-3-5-13(6-4-12)14-7-9-15(16)10-8-14/h3-10H,11H2,1-2H3. The van der Waals surface area contributed by atoms with Gasteiger partial charge in [-0.2, -0.15) is 0 Å². The fourth-order valence-electron chi connectivity index (χ4n) is 1.81. The van der Waals surface area contributed by atoms with Crippen molar-refractivity contribution in [3.8, 4) is 11.1 Å². The first-order valence-corrected chi connectivity index (χ1v) is 6.02. The molecule has 2 heteroatoms. The van der Waals surface area contributed by atoms with Gasteiger partial charge in [0.1, 0.15) is 0 Å². The minimum Gasteiger partial charge on any atom is -0.305 e. The number of hydrogen-bond acceptors (Lipinski definition) is 1. The van der Waals surface area contributed by atoms with Crippen LogP contribution in [0, 0.1) is 0 Å². The third-order valence-corrected chi connectivity index (χ3v) is 2.88. The van der Waals surface area contributed by atoms with Crippen LogP contribution in [0.2, 0.25) is 5.02 Å². The van der Waals surface area contributed by atoms with Crippen molar-refractivity contribution in [1.82, 2.24) is 4.90 Å². The van der Waals surface area contributed by atoms with Crippen molar-refractivity contribution < 1.29 is 0 Å². The molecule has 0 saturated heterocycles. The molecular formula is C15H16ClN. The predicted octanol–water partition coefficient (Wildman–Crippen LogP) is 4.07. The van der Waals surface area contributed by atoms with Gasteiger partial charge in [-0.3, -0.25) is 0 Å². The highest BCUT2D eigenvalue weighted by molar-refractivity contribution is 6.30. The summed E-state index contributed by atoms with van der Waals surface area (Å²) < 4.78 is 0. The summed E-state index contributed by atoms with van der Waals surface area (Å²) in [4.78, 5) is 2.16. The molecule has 17 heavy (non-hydrogen) atoms. The summed E-state index contributed by atoms with van der Waals surface area (Å²) in [6, 6.07) is 16.6. The molecule has 0 spiro atoms. The van der Waals surface area contributed by atoms with Crippen molar-refractivity contribution in [1.29, 1.82) is 0 Å². The molecule has 1 nitrogen and oxygen atoms in total. The quantitative estimate of drug-likeness (QED) is 0.788. The first-order chi connectivity index (χ1) is 8.15. The summed E-state index contributed by atoms with van der Waals surface area (Å²) in [6.07, 6.45) is 0. The first-order valence-electron chi connectivity index (χ1n) is 5.65. The van der Waals surface area contributed by atoms with Crippen LogP contribution in [0.25, 0.3) is 11.1 Å². The van der Waals surface area contributed by atoms with E-state index < -0.39 is 0 Å². The Hall–Kier alpha value is -1.31. The zero-order chi connectivity index (χ0) is 12.3. The fraction of sp³-hybridized carbons (Fsp3) is 0.200. The van der Waals surface area contributed by atoms with Gasteiger partial charge in [0.2, 0.25) is 0 Å². The summed E-state index contributed by atoms with van der Waals surface area (Å²) >= 11 is 5.88. The van der Waals surface area contributed by atoms with Crippen molar-refractivity contribution in [2.75, 3.05) is 14.1 Å². The van der Waals surface area contributed by atoms with Crippen LogP contribution >= 0.6 is 11.6 Å². The lowest BCUT2D eigenvalue weighted by molar-refractivity contribution is 0.402. The average molecular weight is 246 g/mol. The summed E-state index contributed by atoms with van der Waals surface area (Å²) in [5.74, 6) is 0. The Bertz CT molecular complexity index is 471. The number of rotatable bonds is 3. The topological polar surface area (TPSA) is 3.24 Å². The lowest BCUT2D eigenvalue weighted by atomic mass is 10.0. The van der Waals surface area contributed by atoms with Gasteiger partial charge in [-0.05, 0) is 42.9 Å². The number of hydrogen-bond donors (Lipinski definition) is 0. The van der Waals surface area contributed by atoms with E-state index in [4.69, 9.17) is 11.6 Å². The Balaban J connectivity index is 2.20. The maximum atomic E-state index is 5.88. The fourth-order valence-corrected chi connectivity index (χ4v) is 1.94. The zero-order valence-corrected chi connectivity index (χ0v) is 10.9. The van der Waals surface area contributed by atoms with E-state index in [-0.39, 0.29) is 0 Å². The monoisotopic (exact) mass is 245 g/mol. The van der Waals surface area contributed by atoms with Gasteiger partial charge >= 0.3 is 0 Å².